The zero-order valence-electron chi connectivity index (χ0n) is 10.9. The maximum Gasteiger partial charge on any atom is 0.222 e. The topological polar surface area (TPSA) is 49.8 Å². The van der Waals surface area contributed by atoms with E-state index in [-0.39, 0.29) is 12.5 Å². The van der Waals surface area contributed by atoms with Gasteiger partial charge in [-0.1, -0.05) is 25.7 Å². The summed E-state index contributed by atoms with van der Waals surface area (Å²) in [5, 5.41) is 8.93. The van der Waals surface area contributed by atoms with Crippen LogP contribution in [0.2, 0.25) is 0 Å². The number of ether oxygens (including phenoxy) is 1. The Morgan fingerprint density at radius 1 is 1.35 bits per heavy atom. The van der Waals surface area contributed by atoms with Gasteiger partial charge in [0, 0.05) is 26.6 Å². The molecule has 0 saturated heterocycles. The number of nitrogens with zero attached hydrogens (tertiary/aromatic N) is 1. The third-order valence-electron chi connectivity index (χ3n) is 3.53. The van der Waals surface area contributed by atoms with Crippen molar-refractivity contribution in [1.29, 1.82) is 0 Å². The van der Waals surface area contributed by atoms with Gasteiger partial charge in [0.05, 0.1) is 13.2 Å². The molecule has 1 saturated carbocycles. The zero-order chi connectivity index (χ0) is 12.5. The average molecular weight is 243 g/mol. The molecular weight excluding hydrogens is 218 g/mol. The summed E-state index contributed by atoms with van der Waals surface area (Å²) in [7, 11) is 1.63. The third-order valence-corrected chi connectivity index (χ3v) is 3.53. The summed E-state index contributed by atoms with van der Waals surface area (Å²) in [6.07, 6.45) is 6.84. The number of hydrogen-bond acceptors (Lipinski definition) is 3. The lowest BCUT2D eigenvalue weighted by atomic mass is 10.0. The molecule has 4 heteroatoms. The minimum absolute atomic E-state index is 0.0267. The predicted molar refractivity (Wildman–Crippen MR) is 66.7 cm³/mol. The van der Waals surface area contributed by atoms with Crippen LogP contribution in [0, 0.1) is 5.92 Å². The maximum absolute atomic E-state index is 12.0. The lowest BCUT2D eigenvalue weighted by Crippen LogP contribution is -2.36. The van der Waals surface area contributed by atoms with Crippen LogP contribution in [-0.2, 0) is 9.53 Å². The SMILES string of the molecule is COCCN(CCO)C(=O)CCC1CCCC1. The first-order chi connectivity index (χ1) is 8.27. The Kier molecular flexibility index (Phi) is 7.21. The number of hydrogen-bond donors (Lipinski definition) is 1. The van der Waals surface area contributed by atoms with Gasteiger partial charge >= 0.3 is 0 Å². The van der Waals surface area contributed by atoms with Crippen molar-refractivity contribution in [3.05, 3.63) is 0 Å². The number of carbonyl (C=O) groups is 1. The summed E-state index contributed by atoms with van der Waals surface area (Å²) in [6, 6.07) is 0. The van der Waals surface area contributed by atoms with Crippen molar-refractivity contribution < 1.29 is 14.6 Å². The molecule has 17 heavy (non-hydrogen) atoms. The van der Waals surface area contributed by atoms with Crippen LogP contribution in [-0.4, -0.2) is 49.3 Å². The first-order valence-corrected chi connectivity index (χ1v) is 6.65. The van der Waals surface area contributed by atoms with Crippen LogP contribution < -0.4 is 0 Å². The molecule has 1 N–H and O–H groups in total. The molecule has 0 unspecified atom stereocenters. The minimum Gasteiger partial charge on any atom is -0.395 e. The minimum atomic E-state index is 0.0267. The smallest absolute Gasteiger partial charge is 0.222 e. The fourth-order valence-corrected chi connectivity index (χ4v) is 2.47. The first kappa shape index (κ1) is 14.5. The third kappa shape index (κ3) is 5.50. The molecule has 0 heterocycles. The largest absolute Gasteiger partial charge is 0.395 e. The van der Waals surface area contributed by atoms with E-state index in [1.165, 1.54) is 25.7 Å². The number of methoxy groups -OCH3 is 1. The van der Waals surface area contributed by atoms with Gasteiger partial charge in [-0.25, -0.2) is 0 Å². The molecule has 0 spiro atoms. The monoisotopic (exact) mass is 243 g/mol. The van der Waals surface area contributed by atoms with Gasteiger partial charge in [0.15, 0.2) is 0 Å². The molecule has 0 bridgehead atoms. The molecule has 1 aliphatic carbocycles. The van der Waals surface area contributed by atoms with E-state index in [0.717, 1.165) is 12.3 Å². The second kappa shape index (κ2) is 8.48. The lowest BCUT2D eigenvalue weighted by Gasteiger charge is -2.22. The molecule has 1 amide bonds. The van der Waals surface area contributed by atoms with E-state index < -0.39 is 0 Å². The zero-order valence-corrected chi connectivity index (χ0v) is 10.9. The second-order valence-electron chi connectivity index (χ2n) is 4.79. The summed E-state index contributed by atoms with van der Waals surface area (Å²) in [5.74, 6) is 0.903. The molecule has 0 atom stereocenters. The standard InChI is InChI=1S/C13H25NO3/c1-17-11-9-14(8-10-15)13(16)7-6-12-4-2-3-5-12/h12,15H,2-11H2,1H3. The van der Waals surface area contributed by atoms with E-state index in [0.29, 0.717) is 26.1 Å². The molecule has 4 nitrogen and oxygen atoms in total. The quantitative estimate of drug-likeness (QED) is 0.701. The van der Waals surface area contributed by atoms with E-state index in [4.69, 9.17) is 9.84 Å². The van der Waals surface area contributed by atoms with Crippen molar-refractivity contribution >= 4 is 5.91 Å². The van der Waals surface area contributed by atoms with Crippen molar-refractivity contribution in [2.75, 3.05) is 33.4 Å². The Morgan fingerprint density at radius 3 is 2.65 bits per heavy atom. The van der Waals surface area contributed by atoms with Gasteiger partial charge in [-0.3, -0.25) is 4.79 Å². The van der Waals surface area contributed by atoms with E-state index in [9.17, 15) is 4.79 Å². The molecule has 0 radical (unpaired) electrons. The number of aliphatic hydroxyl groups excluding tert-OH is 1. The van der Waals surface area contributed by atoms with Crippen LogP contribution >= 0.6 is 0 Å². The van der Waals surface area contributed by atoms with Gasteiger partial charge in [-0.2, -0.15) is 0 Å². The fourth-order valence-electron chi connectivity index (χ4n) is 2.47. The van der Waals surface area contributed by atoms with Gasteiger partial charge in [-0.15, -0.1) is 0 Å². The maximum atomic E-state index is 12.0. The van der Waals surface area contributed by atoms with Gasteiger partial charge < -0.3 is 14.7 Å². The highest BCUT2D eigenvalue weighted by Crippen LogP contribution is 2.28. The number of rotatable bonds is 8. The summed E-state index contributed by atoms with van der Waals surface area (Å²) >= 11 is 0. The summed E-state index contributed by atoms with van der Waals surface area (Å²) in [4.78, 5) is 13.7. The van der Waals surface area contributed by atoms with Crippen LogP contribution in [0.25, 0.3) is 0 Å². The van der Waals surface area contributed by atoms with Gasteiger partial charge in [0.25, 0.3) is 0 Å². The Bertz CT molecular complexity index is 215. The van der Waals surface area contributed by atoms with Crippen molar-refractivity contribution in [3.8, 4) is 0 Å². The molecular formula is C13H25NO3. The summed E-state index contributed by atoms with van der Waals surface area (Å²) in [5.41, 5.74) is 0. The highest BCUT2D eigenvalue weighted by Gasteiger charge is 2.18. The van der Waals surface area contributed by atoms with Crippen molar-refractivity contribution in [2.45, 2.75) is 38.5 Å². The molecule has 0 aromatic rings. The normalized spacial score (nSPS) is 16.4. The molecule has 1 rings (SSSR count). The predicted octanol–water partition coefficient (Wildman–Crippen LogP) is 1.42. The average Bonchev–Trinajstić information content (AvgIpc) is 2.84. The van der Waals surface area contributed by atoms with Gasteiger partial charge in [-0.05, 0) is 12.3 Å². The Labute approximate surface area is 104 Å². The van der Waals surface area contributed by atoms with Crippen molar-refractivity contribution in [1.82, 2.24) is 4.90 Å². The molecule has 0 aromatic carbocycles. The lowest BCUT2D eigenvalue weighted by molar-refractivity contribution is -0.132. The van der Waals surface area contributed by atoms with E-state index in [1.54, 1.807) is 12.0 Å². The number of aliphatic hydroxyl groups is 1. The van der Waals surface area contributed by atoms with Crippen LogP contribution in [0.4, 0.5) is 0 Å². The Balaban J connectivity index is 2.24. The first-order valence-electron chi connectivity index (χ1n) is 6.65. The van der Waals surface area contributed by atoms with Gasteiger partial charge in [0.1, 0.15) is 0 Å². The molecule has 1 fully saturated rings. The van der Waals surface area contributed by atoms with Gasteiger partial charge in [0.2, 0.25) is 5.91 Å². The number of carbonyl (C=O) groups excluding carboxylic acids is 1. The van der Waals surface area contributed by atoms with Crippen LogP contribution in [0.1, 0.15) is 38.5 Å². The molecule has 1 aliphatic rings. The van der Waals surface area contributed by atoms with Crippen LogP contribution in [0.3, 0.4) is 0 Å². The second-order valence-corrected chi connectivity index (χ2v) is 4.79. The molecule has 0 aliphatic heterocycles. The van der Waals surface area contributed by atoms with E-state index >= 15 is 0 Å². The van der Waals surface area contributed by atoms with Crippen LogP contribution in [0.5, 0.6) is 0 Å². The summed E-state index contributed by atoms with van der Waals surface area (Å²) in [6.45, 7) is 1.57. The summed E-state index contributed by atoms with van der Waals surface area (Å²) < 4.78 is 4.97. The van der Waals surface area contributed by atoms with Crippen molar-refractivity contribution in [2.24, 2.45) is 5.92 Å². The molecule has 100 valence electrons. The molecule has 0 aromatic heterocycles. The fraction of sp³-hybridized carbons (Fsp3) is 0.923. The Morgan fingerprint density at radius 2 is 2.06 bits per heavy atom. The van der Waals surface area contributed by atoms with Crippen molar-refractivity contribution in [3.63, 3.8) is 0 Å². The Hall–Kier alpha value is -0.610. The number of amides is 1. The van der Waals surface area contributed by atoms with E-state index in [2.05, 4.69) is 0 Å². The highest BCUT2D eigenvalue weighted by molar-refractivity contribution is 5.76. The van der Waals surface area contributed by atoms with E-state index in [1.807, 2.05) is 0 Å². The van der Waals surface area contributed by atoms with Crippen LogP contribution in [0.15, 0.2) is 0 Å². The highest BCUT2D eigenvalue weighted by atomic mass is 16.5.